The first kappa shape index (κ1) is 18.9. The van der Waals surface area contributed by atoms with E-state index in [1.54, 1.807) is 7.05 Å². The van der Waals surface area contributed by atoms with Crippen LogP contribution in [0.15, 0.2) is 45.7 Å². The van der Waals surface area contributed by atoms with Crippen molar-refractivity contribution in [1.29, 1.82) is 0 Å². The first-order valence-electron chi connectivity index (χ1n) is 8.44. The fourth-order valence-electron chi connectivity index (χ4n) is 2.65. The van der Waals surface area contributed by atoms with Gasteiger partial charge in [-0.1, -0.05) is 56.8 Å². The number of nitrogens with zero attached hydrogens (tertiary/aromatic N) is 2. The van der Waals surface area contributed by atoms with E-state index in [0.717, 1.165) is 0 Å². The number of benzene rings is 1. The molecule has 2 aromatic heterocycles. The molecule has 4 nitrogen and oxygen atoms in total. The number of carbonyl (C=O) groups is 1. The molecule has 0 spiro atoms. The first-order valence-corrected chi connectivity index (χ1v) is 10.2. The fourth-order valence-corrected chi connectivity index (χ4v) is 4.41. The van der Waals surface area contributed by atoms with Crippen LogP contribution in [0.1, 0.15) is 43.6 Å². The largest absolute Gasteiger partial charge is 0.293 e. The number of hydrogen-bond donors (Lipinski definition) is 0. The van der Waals surface area contributed by atoms with Gasteiger partial charge >= 0.3 is 0 Å². The summed E-state index contributed by atoms with van der Waals surface area (Å²) in [5.74, 6) is 0.0372. The molecule has 1 atom stereocenters. The molecule has 0 fully saturated rings. The van der Waals surface area contributed by atoms with E-state index in [-0.39, 0.29) is 22.0 Å². The number of rotatable bonds is 4. The van der Waals surface area contributed by atoms with E-state index in [1.807, 2.05) is 42.6 Å². The molecule has 3 rings (SSSR count). The van der Waals surface area contributed by atoms with Crippen LogP contribution in [0, 0.1) is 0 Å². The second-order valence-electron chi connectivity index (χ2n) is 7.35. The van der Waals surface area contributed by atoms with Crippen LogP contribution in [0.2, 0.25) is 0 Å². The quantitative estimate of drug-likeness (QED) is 0.372. The predicted octanol–water partition coefficient (Wildman–Crippen LogP) is 4.66. The molecule has 0 aliphatic carbocycles. The second kappa shape index (κ2) is 7.00. The van der Waals surface area contributed by atoms with Crippen molar-refractivity contribution in [1.82, 2.24) is 9.55 Å². The van der Waals surface area contributed by atoms with E-state index in [2.05, 4.69) is 25.8 Å². The summed E-state index contributed by atoms with van der Waals surface area (Å²) >= 11 is 2.71. The third-order valence-corrected chi connectivity index (χ3v) is 6.37. The standard InChI is InChI=1S/C20H22N2O2S2/c1-12(16(23)13-6-8-14(9-7-13)20(2,3)4)26-19-21-15-10-11-25-17(15)18(24)22(19)5/h6-12H,1-5H3. The van der Waals surface area contributed by atoms with Gasteiger partial charge in [-0.25, -0.2) is 4.98 Å². The lowest BCUT2D eigenvalue weighted by Gasteiger charge is -2.19. The molecule has 3 aromatic rings. The summed E-state index contributed by atoms with van der Waals surface area (Å²) in [5, 5.41) is 2.09. The Bertz CT molecular complexity index is 1010. The second-order valence-corrected chi connectivity index (χ2v) is 9.57. The van der Waals surface area contributed by atoms with Crippen LogP contribution in [0.5, 0.6) is 0 Å². The minimum atomic E-state index is -0.329. The van der Waals surface area contributed by atoms with Crippen molar-refractivity contribution in [2.24, 2.45) is 7.05 Å². The zero-order valence-corrected chi connectivity index (χ0v) is 17.2. The van der Waals surface area contributed by atoms with Gasteiger partial charge in [0.15, 0.2) is 10.9 Å². The van der Waals surface area contributed by atoms with Crippen molar-refractivity contribution in [2.75, 3.05) is 0 Å². The Morgan fingerprint density at radius 3 is 2.46 bits per heavy atom. The minimum absolute atomic E-state index is 0.0372. The minimum Gasteiger partial charge on any atom is -0.293 e. The summed E-state index contributed by atoms with van der Waals surface area (Å²) < 4.78 is 2.17. The fraction of sp³-hybridized carbons (Fsp3) is 0.350. The van der Waals surface area contributed by atoms with Gasteiger partial charge in [0.25, 0.3) is 5.56 Å². The molecule has 0 N–H and O–H groups in total. The van der Waals surface area contributed by atoms with E-state index in [4.69, 9.17) is 0 Å². The van der Waals surface area contributed by atoms with Gasteiger partial charge < -0.3 is 0 Å². The number of Topliss-reactive ketones (excluding diaryl/α,β-unsaturated/α-hetero) is 1. The van der Waals surface area contributed by atoms with Crippen molar-refractivity contribution >= 4 is 39.1 Å². The number of fused-ring (bicyclic) bond motifs is 1. The maximum Gasteiger partial charge on any atom is 0.271 e. The van der Waals surface area contributed by atoms with E-state index >= 15 is 0 Å². The highest BCUT2D eigenvalue weighted by Crippen LogP contribution is 2.27. The molecule has 2 heterocycles. The summed E-state index contributed by atoms with van der Waals surface area (Å²) in [7, 11) is 1.70. The first-order chi connectivity index (χ1) is 12.2. The topological polar surface area (TPSA) is 52.0 Å². The van der Waals surface area contributed by atoms with Gasteiger partial charge in [-0.15, -0.1) is 11.3 Å². The lowest BCUT2D eigenvalue weighted by Crippen LogP contribution is -2.21. The van der Waals surface area contributed by atoms with Gasteiger partial charge in [-0.3, -0.25) is 14.2 Å². The summed E-state index contributed by atoms with van der Waals surface area (Å²) in [6, 6.07) is 9.62. The monoisotopic (exact) mass is 386 g/mol. The SMILES string of the molecule is CC(Sc1nc2ccsc2c(=O)n1C)C(=O)c1ccc(C(C)(C)C)cc1. The third kappa shape index (κ3) is 3.62. The van der Waals surface area contributed by atoms with Gasteiger partial charge in [-0.05, 0) is 29.3 Å². The molecule has 26 heavy (non-hydrogen) atoms. The molecule has 0 aliphatic heterocycles. The molecular formula is C20H22N2O2S2. The van der Waals surface area contributed by atoms with Crippen LogP contribution < -0.4 is 5.56 Å². The van der Waals surface area contributed by atoms with Crippen molar-refractivity contribution in [3.05, 3.63) is 57.2 Å². The molecule has 0 aliphatic rings. The van der Waals surface area contributed by atoms with Crippen LogP contribution in [0.25, 0.3) is 10.2 Å². The molecule has 6 heteroatoms. The van der Waals surface area contributed by atoms with E-state index in [0.29, 0.717) is 20.9 Å². The van der Waals surface area contributed by atoms with E-state index in [1.165, 1.54) is 33.2 Å². The van der Waals surface area contributed by atoms with Gasteiger partial charge in [0.2, 0.25) is 0 Å². The smallest absolute Gasteiger partial charge is 0.271 e. The Morgan fingerprint density at radius 1 is 1.19 bits per heavy atom. The molecule has 136 valence electrons. The Kier molecular flexibility index (Phi) is 5.08. The Hall–Kier alpha value is -1.92. The van der Waals surface area contributed by atoms with Gasteiger partial charge in [0.05, 0.1) is 10.8 Å². The van der Waals surface area contributed by atoms with Gasteiger partial charge in [0, 0.05) is 12.6 Å². The van der Waals surface area contributed by atoms with Gasteiger partial charge in [0.1, 0.15) is 4.70 Å². The number of ketones is 1. The number of thioether (sulfide) groups is 1. The molecule has 0 radical (unpaired) electrons. The maximum absolute atomic E-state index is 12.8. The molecular weight excluding hydrogens is 364 g/mol. The molecule has 0 amide bonds. The van der Waals surface area contributed by atoms with Crippen LogP contribution in [-0.4, -0.2) is 20.6 Å². The van der Waals surface area contributed by atoms with Crippen molar-refractivity contribution in [2.45, 2.75) is 43.5 Å². The highest BCUT2D eigenvalue weighted by atomic mass is 32.2. The average Bonchev–Trinajstić information content (AvgIpc) is 3.06. The third-order valence-electron chi connectivity index (χ3n) is 4.33. The lowest BCUT2D eigenvalue weighted by molar-refractivity contribution is 0.0994. The van der Waals surface area contributed by atoms with E-state index in [9.17, 15) is 9.59 Å². The zero-order chi connectivity index (χ0) is 19.1. The van der Waals surface area contributed by atoms with Crippen LogP contribution in [0.3, 0.4) is 0 Å². The van der Waals surface area contributed by atoms with Crippen LogP contribution in [-0.2, 0) is 12.5 Å². The van der Waals surface area contributed by atoms with E-state index < -0.39 is 0 Å². The molecule has 1 aromatic carbocycles. The Labute approximate surface area is 161 Å². The van der Waals surface area contributed by atoms with Crippen molar-refractivity contribution in [3.63, 3.8) is 0 Å². The number of carbonyl (C=O) groups excluding carboxylic acids is 1. The normalized spacial score (nSPS) is 13.1. The summed E-state index contributed by atoms with van der Waals surface area (Å²) in [5.41, 5.74) is 2.55. The Balaban J connectivity index is 1.84. The molecule has 0 saturated heterocycles. The number of aromatic nitrogens is 2. The van der Waals surface area contributed by atoms with Crippen molar-refractivity contribution in [3.8, 4) is 0 Å². The molecule has 0 bridgehead atoms. The molecule has 0 saturated carbocycles. The lowest BCUT2D eigenvalue weighted by atomic mass is 9.86. The number of hydrogen-bond acceptors (Lipinski definition) is 5. The van der Waals surface area contributed by atoms with Crippen molar-refractivity contribution < 1.29 is 4.79 Å². The Morgan fingerprint density at radius 2 is 1.85 bits per heavy atom. The maximum atomic E-state index is 12.8. The summed E-state index contributed by atoms with van der Waals surface area (Å²) in [6.07, 6.45) is 0. The highest BCUT2D eigenvalue weighted by molar-refractivity contribution is 8.00. The number of thiophene rings is 1. The average molecular weight is 387 g/mol. The van der Waals surface area contributed by atoms with Crippen LogP contribution in [0.4, 0.5) is 0 Å². The summed E-state index contributed by atoms with van der Waals surface area (Å²) in [4.78, 5) is 29.7. The zero-order valence-electron chi connectivity index (χ0n) is 15.6. The highest BCUT2D eigenvalue weighted by Gasteiger charge is 2.21. The van der Waals surface area contributed by atoms with Crippen LogP contribution >= 0.6 is 23.1 Å². The van der Waals surface area contributed by atoms with Gasteiger partial charge in [-0.2, -0.15) is 0 Å². The predicted molar refractivity (Wildman–Crippen MR) is 110 cm³/mol. The molecule has 1 unspecified atom stereocenters. The summed E-state index contributed by atoms with van der Waals surface area (Å²) in [6.45, 7) is 8.30.